The molecule has 0 saturated carbocycles. The normalized spacial score (nSPS) is 11.3. The van der Waals surface area contributed by atoms with E-state index in [0.717, 1.165) is 70.8 Å². The van der Waals surface area contributed by atoms with Crippen molar-refractivity contribution in [1.82, 2.24) is 21.3 Å². The molecule has 0 atom stereocenters. The van der Waals surface area contributed by atoms with E-state index in [4.69, 9.17) is 0 Å². The molecule has 0 spiro atoms. The van der Waals surface area contributed by atoms with Gasteiger partial charge in [0.1, 0.15) is 5.75 Å². The fourth-order valence-corrected chi connectivity index (χ4v) is 3.89. The Morgan fingerprint density at radius 3 is 1.82 bits per heavy atom. The number of unbranched alkanes of at least 4 members (excludes halogenated alkanes) is 1. The quantitative estimate of drug-likeness (QED) is 0.201. The third-order valence-corrected chi connectivity index (χ3v) is 5.82. The zero-order valence-corrected chi connectivity index (χ0v) is 19.8. The fourth-order valence-electron chi connectivity index (χ4n) is 3.89. The van der Waals surface area contributed by atoms with E-state index in [1.54, 1.807) is 6.07 Å². The zero-order valence-electron chi connectivity index (χ0n) is 19.8. The van der Waals surface area contributed by atoms with Gasteiger partial charge in [-0.05, 0) is 93.4 Å². The number of para-hydroxylation sites is 1. The molecule has 0 aliphatic heterocycles. The highest BCUT2D eigenvalue weighted by molar-refractivity contribution is 5.82. The number of benzene rings is 3. The summed E-state index contributed by atoms with van der Waals surface area (Å²) >= 11 is 0. The third kappa shape index (κ3) is 9.93. The first-order valence-electron chi connectivity index (χ1n) is 12.4. The molecule has 0 saturated heterocycles. The van der Waals surface area contributed by atoms with Gasteiger partial charge in [0.2, 0.25) is 0 Å². The second kappa shape index (κ2) is 15.4. The number of hydrogen-bond acceptors (Lipinski definition) is 5. The molecule has 5 N–H and O–H groups in total. The Morgan fingerprint density at radius 1 is 0.515 bits per heavy atom. The van der Waals surface area contributed by atoms with Crippen molar-refractivity contribution < 1.29 is 5.11 Å². The van der Waals surface area contributed by atoms with Crippen LogP contribution < -0.4 is 21.3 Å². The van der Waals surface area contributed by atoms with Crippen LogP contribution in [0.5, 0.6) is 5.75 Å². The van der Waals surface area contributed by atoms with Crippen molar-refractivity contribution in [2.45, 2.75) is 38.8 Å². The summed E-state index contributed by atoms with van der Waals surface area (Å²) in [4.78, 5) is 0. The Labute approximate surface area is 199 Å². The zero-order chi connectivity index (χ0) is 23.0. The van der Waals surface area contributed by atoms with Gasteiger partial charge in [-0.3, -0.25) is 0 Å². The summed E-state index contributed by atoms with van der Waals surface area (Å²) in [5.41, 5.74) is 2.30. The van der Waals surface area contributed by atoms with E-state index in [2.05, 4.69) is 63.7 Å². The van der Waals surface area contributed by atoms with E-state index in [1.807, 2.05) is 18.2 Å². The maximum Gasteiger partial charge on any atom is 0.120 e. The average molecular weight is 449 g/mol. The standard InChI is InChI=1S/C28H40N4O/c33-28-12-4-3-11-27(28)23-32-20-8-18-30-16-6-5-15-29-17-7-19-31-22-24-13-14-25-9-1-2-10-26(25)21-24/h1-4,9-14,21,29-33H,5-8,15-20,22-23H2. The highest BCUT2D eigenvalue weighted by Gasteiger charge is 1.99. The van der Waals surface area contributed by atoms with Gasteiger partial charge in [-0.15, -0.1) is 0 Å². The van der Waals surface area contributed by atoms with E-state index in [9.17, 15) is 5.11 Å². The minimum atomic E-state index is 0.369. The molecular formula is C28H40N4O. The van der Waals surface area contributed by atoms with Crippen LogP contribution in [0.25, 0.3) is 10.8 Å². The molecule has 33 heavy (non-hydrogen) atoms. The van der Waals surface area contributed by atoms with Crippen molar-refractivity contribution in [2.24, 2.45) is 0 Å². The molecular weight excluding hydrogens is 408 g/mol. The van der Waals surface area contributed by atoms with E-state index in [-0.39, 0.29) is 0 Å². The Balaban J connectivity index is 1.06. The largest absolute Gasteiger partial charge is 0.508 e. The first-order chi connectivity index (χ1) is 16.3. The van der Waals surface area contributed by atoms with Crippen LogP contribution in [0, 0.1) is 0 Å². The topological polar surface area (TPSA) is 68.3 Å². The van der Waals surface area contributed by atoms with Gasteiger partial charge in [-0.1, -0.05) is 54.6 Å². The Bertz CT molecular complexity index is 930. The number of fused-ring (bicyclic) bond motifs is 1. The molecule has 0 bridgehead atoms. The van der Waals surface area contributed by atoms with E-state index >= 15 is 0 Å². The van der Waals surface area contributed by atoms with Crippen molar-refractivity contribution in [3.05, 3.63) is 77.9 Å². The molecule has 0 aliphatic carbocycles. The van der Waals surface area contributed by atoms with E-state index < -0.39 is 0 Å². The van der Waals surface area contributed by atoms with Crippen molar-refractivity contribution in [1.29, 1.82) is 0 Å². The van der Waals surface area contributed by atoms with Crippen LogP contribution >= 0.6 is 0 Å². The molecule has 3 rings (SSSR count). The van der Waals surface area contributed by atoms with E-state index in [1.165, 1.54) is 29.2 Å². The molecule has 3 aromatic rings. The molecule has 0 aromatic heterocycles. The lowest BCUT2D eigenvalue weighted by molar-refractivity contribution is 0.463. The highest BCUT2D eigenvalue weighted by atomic mass is 16.3. The average Bonchev–Trinajstić information content (AvgIpc) is 2.84. The number of hydrogen-bond donors (Lipinski definition) is 5. The van der Waals surface area contributed by atoms with Crippen LogP contribution in [0.3, 0.4) is 0 Å². The molecule has 0 heterocycles. The van der Waals surface area contributed by atoms with Gasteiger partial charge >= 0.3 is 0 Å². The van der Waals surface area contributed by atoms with Crippen LogP contribution in [0.1, 0.15) is 36.8 Å². The second-order valence-electron chi connectivity index (χ2n) is 8.58. The lowest BCUT2D eigenvalue weighted by Crippen LogP contribution is -2.24. The Hall–Kier alpha value is -2.44. The summed E-state index contributed by atoms with van der Waals surface area (Å²) in [7, 11) is 0. The van der Waals surface area contributed by atoms with Gasteiger partial charge in [0, 0.05) is 18.7 Å². The molecule has 5 heteroatoms. The van der Waals surface area contributed by atoms with E-state index in [0.29, 0.717) is 5.75 Å². The first-order valence-corrected chi connectivity index (χ1v) is 12.4. The predicted molar refractivity (Wildman–Crippen MR) is 140 cm³/mol. The van der Waals surface area contributed by atoms with Crippen LogP contribution in [0.2, 0.25) is 0 Å². The summed E-state index contributed by atoms with van der Waals surface area (Å²) in [6.07, 6.45) is 4.67. The third-order valence-electron chi connectivity index (χ3n) is 5.82. The number of phenols is 1. The van der Waals surface area contributed by atoms with Crippen LogP contribution in [-0.4, -0.2) is 44.4 Å². The molecule has 0 unspecified atom stereocenters. The van der Waals surface area contributed by atoms with Crippen LogP contribution in [-0.2, 0) is 13.1 Å². The molecule has 0 radical (unpaired) electrons. The Morgan fingerprint density at radius 2 is 1.09 bits per heavy atom. The molecule has 5 nitrogen and oxygen atoms in total. The van der Waals surface area contributed by atoms with Crippen molar-refractivity contribution >= 4 is 10.8 Å². The molecule has 0 amide bonds. The van der Waals surface area contributed by atoms with Gasteiger partial charge in [-0.25, -0.2) is 0 Å². The molecule has 3 aromatic carbocycles. The maximum absolute atomic E-state index is 9.74. The van der Waals surface area contributed by atoms with Crippen LogP contribution in [0.15, 0.2) is 66.7 Å². The SMILES string of the molecule is Oc1ccccc1CNCCCNCCCCNCCCNCc1ccc2ccccc2c1. The summed E-state index contributed by atoms with van der Waals surface area (Å²) in [5, 5.41) is 26.4. The number of nitrogens with one attached hydrogen (secondary N) is 4. The van der Waals surface area contributed by atoms with Crippen molar-refractivity contribution in [2.75, 3.05) is 39.3 Å². The van der Waals surface area contributed by atoms with Gasteiger partial charge in [-0.2, -0.15) is 0 Å². The van der Waals surface area contributed by atoms with Gasteiger partial charge in [0.15, 0.2) is 0 Å². The minimum absolute atomic E-state index is 0.369. The highest BCUT2D eigenvalue weighted by Crippen LogP contribution is 2.16. The second-order valence-corrected chi connectivity index (χ2v) is 8.58. The number of aromatic hydroxyl groups is 1. The minimum Gasteiger partial charge on any atom is -0.508 e. The lowest BCUT2D eigenvalue weighted by Gasteiger charge is -2.09. The molecule has 0 aliphatic rings. The molecule has 178 valence electrons. The summed E-state index contributed by atoms with van der Waals surface area (Å²) in [6.45, 7) is 7.92. The number of rotatable bonds is 17. The first kappa shape index (κ1) is 25.2. The lowest BCUT2D eigenvalue weighted by atomic mass is 10.1. The fraction of sp³-hybridized carbons (Fsp3) is 0.429. The summed E-state index contributed by atoms with van der Waals surface area (Å²) in [5.74, 6) is 0.369. The van der Waals surface area contributed by atoms with Gasteiger partial charge in [0.05, 0.1) is 0 Å². The Kier molecular flexibility index (Phi) is 11.8. The summed E-state index contributed by atoms with van der Waals surface area (Å²) < 4.78 is 0. The maximum atomic E-state index is 9.74. The summed E-state index contributed by atoms with van der Waals surface area (Å²) in [6, 6.07) is 22.7. The number of phenolic OH excluding ortho intramolecular Hbond substituents is 1. The van der Waals surface area contributed by atoms with Crippen LogP contribution in [0.4, 0.5) is 0 Å². The molecule has 0 fully saturated rings. The predicted octanol–water partition coefficient (Wildman–Crippen LogP) is 4.16. The van der Waals surface area contributed by atoms with Crippen molar-refractivity contribution in [3.63, 3.8) is 0 Å². The van der Waals surface area contributed by atoms with Crippen molar-refractivity contribution in [3.8, 4) is 5.75 Å². The van der Waals surface area contributed by atoms with Gasteiger partial charge in [0.25, 0.3) is 0 Å². The monoisotopic (exact) mass is 448 g/mol. The van der Waals surface area contributed by atoms with Gasteiger partial charge < -0.3 is 26.4 Å². The smallest absolute Gasteiger partial charge is 0.120 e.